The van der Waals surface area contributed by atoms with Crippen molar-refractivity contribution in [3.63, 3.8) is 0 Å². The monoisotopic (exact) mass is 326 g/mol. The fraction of sp³-hybridized carbons (Fsp3) is 0.923. The van der Waals surface area contributed by atoms with E-state index in [0.29, 0.717) is 0 Å². The summed E-state index contributed by atoms with van der Waals surface area (Å²) in [6.07, 6.45) is 9.39. The molecule has 0 saturated heterocycles. The Hall–Kier alpha value is -0.330. The van der Waals surface area contributed by atoms with Crippen molar-refractivity contribution >= 4 is 28.2 Å². The first-order valence-corrected chi connectivity index (χ1v) is 9.18. The topological polar surface area (TPSA) is 89.3 Å². The normalized spacial score (nSPS) is 19.3. The lowest BCUT2D eigenvalue weighted by Gasteiger charge is -2.22. The first-order valence-electron chi connectivity index (χ1n) is 7.12. The Bertz CT molecular complexity index is 379. The van der Waals surface area contributed by atoms with Crippen LogP contribution in [0.4, 0.5) is 0 Å². The van der Waals surface area contributed by atoms with Gasteiger partial charge in [0.05, 0.1) is 11.8 Å². The summed E-state index contributed by atoms with van der Waals surface area (Å²) in [5.41, 5.74) is 5.74. The number of carbonyl (C=O) groups excluding carboxylic acids is 1. The molecule has 0 aromatic heterocycles. The van der Waals surface area contributed by atoms with Gasteiger partial charge in [0.15, 0.2) is 0 Å². The van der Waals surface area contributed by atoms with E-state index in [9.17, 15) is 13.2 Å². The van der Waals surface area contributed by atoms with Crippen LogP contribution < -0.4 is 11.1 Å². The molecule has 1 aliphatic carbocycles. The van der Waals surface area contributed by atoms with Crippen molar-refractivity contribution < 1.29 is 13.2 Å². The lowest BCUT2D eigenvalue weighted by atomic mass is 9.96. The van der Waals surface area contributed by atoms with Gasteiger partial charge in [0, 0.05) is 12.3 Å². The summed E-state index contributed by atoms with van der Waals surface area (Å²) in [6.45, 7) is 0. The average molecular weight is 327 g/mol. The third kappa shape index (κ3) is 8.76. The molecule has 3 N–H and O–H groups in total. The molecule has 1 saturated carbocycles. The maximum Gasteiger partial charge on any atom is 0.237 e. The van der Waals surface area contributed by atoms with Crippen LogP contribution >= 0.6 is 12.4 Å². The SMILES string of the molecule is CS(=O)(=O)CCC(N)C(=O)NC1CCCCCCC1.Cl. The van der Waals surface area contributed by atoms with Gasteiger partial charge in [-0.15, -0.1) is 12.4 Å². The van der Waals surface area contributed by atoms with Crippen LogP contribution in [0.15, 0.2) is 0 Å². The van der Waals surface area contributed by atoms with Crippen molar-refractivity contribution in [3.05, 3.63) is 0 Å². The molecule has 0 aromatic rings. The average Bonchev–Trinajstić information content (AvgIpc) is 2.28. The fourth-order valence-corrected chi connectivity index (χ4v) is 3.06. The van der Waals surface area contributed by atoms with E-state index in [2.05, 4.69) is 5.32 Å². The molecular formula is C13H27ClN2O3S. The molecule has 1 amide bonds. The van der Waals surface area contributed by atoms with E-state index in [-0.39, 0.29) is 36.5 Å². The highest BCUT2D eigenvalue weighted by molar-refractivity contribution is 7.90. The van der Waals surface area contributed by atoms with Crippen LogP contribution in [0.1, 0.15) is 51.4 Å². The molecule has 20 heavy (non-hydrogen) atoms. The molecule has 7 heteroatoms. The Labute approximate surface area is 128 Å². The molecule has 1 atom stereocenters. The highest BCUT2D eigenvalue weighted by Gasteiger charge is 2.19. The number of rotatable bonds is 5. The second-order valence-electron chi connectivity index (χ2n) is 5.58. The van der Waals surface area contributed by atoms with Crippen LogP contribution in [0, 0.1) is 0 Å². The minimum atomic E-state index is -3.06. The van der Waals surface area contributed by atoms with Gasteiger partial charge in [-0.05, 0) is 19.3 Å². The van der Waals surface area contributed by atoms with Crippen LogP contribution in [-0.4, -0.2) is 38.4 Å². The minimum Gasteiger partial charge on any atom is -0.352 e. The number of hydrogen-bond acceptors (Lipinski definition) is 4. The molecule has 1 rings (SSSR count). The third-order valence-electron chi connectivity index (χ3n) is 3.59. The van der Waals surface area contributed by atoms with Gasteiger partial charge in [0.1, 0.15) is 9.84 Å². The van der Waals surface area contributed by atoms with Crippen molar-refractivity contribution in [2.24, 2.45) is 5.73 Å². The summed E-state index contributed by atoms with van der Waals surface area (Å²) in [5.74, 6) is -0.249. The van der Waals surface area contributed by atoms with E-state index < -0.39 is 15.9 Å². The van der Waals surface area contributed by atoms with Crippen LogP contribution in [0.5, 0.6) is 0 Å². The summed E-state index contributed by atoms with van der Waals surface area (Å²) in [4.78, 5) is 11.9. The van der Waals surface area contributed by atoms with Gasteiger partial charge in [0.2, 0.25) is 5.91 Å². The fourth-order valence-electron chi connectivity index (χ4n) is 2.38. The quantitative estimate of drug-likeness (QED) is 0.799. The summed E-state index contributed by atoms with van der Waals surface area (Å²) in [7, 11) is -3.06. The van der Waals surface area contributed by atoms with Crippen LogP contribution in [-0.2, 0) is 14.6 Å². The lowest BCUT2D eigenvalue weighted by molar-refractivity contribution is -0.123. The third-order valence-corrected chi connectivity index (χ3v) is 4.57. The Kier molecular flexibility index (Phi) is 9.42. The maximum absolute atomic E-state index is 11.9. The number of nitrogens with two attached hydrogens (primary N) is 1. The first-order chi connectivity index (χ1) is 8.88. The maximum atomic E-state index is 11.9. The number of halogens is 1. The number of sulfone groups is 1. The van der Waals surface area contributed by atoms with Gasteiger partial charge in [-0.3, -0.25) is 4.79 Å². The Morgan fingerprint density at radius 1 is 1.20 bits per heavy atom. The van der Waals surface area contributed by atoms with Crippen molar-refractivity contribution in [2.45, 2.75) is 63.5 Å². The molecule has 120 valence electrons. The van der Waals surface area contributed by atoms with Crippen LogP contribution in [0.25, 0.3) is 0 Å². The van der Waals surface area contributed by atoms with Crippen molar-refractivity contribution in [1.82, 2.24) is 5.32 Å². The zero-order chi connectivity index (χ0) is 14.3. The number of hydrogen-bond donors (Lipinski definition) is 2. The molecule has 0 spiro atoms. The van der Waals surface area contributed by atoms with Crippen LogP contribution in [0.2, 0.25) is 0 Å². The van der Waals surface area contributed by atoms with E-state index in [1.165, 1.54) is 19.3 Å². The Morgan fingerprint density at radius 3 is 2.20 bits per heavy atom. The standard InChI is InChI=1S/C13H26N2O3S.ClH/c1-19(17,18)10-9-12(14)13(16)15-11-7-5-3-2-4-6-8-11;/h11-12H,2-10,14H2,1H3,(H,15,16);1H. The van der Waals surface area contributed by atoms with Crippen molar-refractivity contribution in [3.8, 4) is 0 Å². The molecular weight excluding hydrogens is 300 g/mol. The molecule has 1 fully saturated rings. The highest BCUT2D eigenvalue weighted by atomic mass is 35.5. The lowest BCUT2D eigenvalue weighted by Crippen LogP contribution is -2.46. The van der Waals surface area contributed by atoms with Crippen LogP contribution in [0.3, 0.4) is 0 Å². The zero-order valence-electron chi connectivity index (χ0n) is 12.1. The zero-order valence-corrected chi connectivity index (χ0v) is 13.8. The molecule has 0 radical (unpaired) electrons. The van der Waals surface area contributed by atoms with Gasteiger partial charge < -0.3 is 11.1 Å². The molecule has 5 nitrogen and oxygen atoms in total. The molecule has 0 aromatic carbocycles. The predicted molar refractivity (Wildman–Crippen MR) is 83.8 cm³/mol. The number of nitrogens with one attached hydrogen (secondary N) is 1. The van der Waals surface area contributed by atoms with Gasteiger partial charge in [0.25, 0.3) is 0 Å². The Morgan fingerprint density at radius 2 is 1.70 bits per heavy atom. The Balaban J connectivity index is 0.00000361. The number of amides is 1. The summed E-state index contributed by atoms with van der Waals surface area (Å²) in [5, 5.41) is 2.96. The van der Waals surface area contributed by atoms with Gasteiger partial charge in [-0.1, -0.05) is 32.1 Å². The van der Waals surface area contributed by atoms with Gasteiger partial charge >= 0.3 is 0 Å². The molecule has 0 heterocycles. The second-order valence-corrected chi connectivity index (χ2v) is 7.84. The van der Waals surface area contributed by atoms with E-state index in [0.717, 1.165) is 31.9 Å². The predicted octanol–water partition coefficient (Wildman–Crippen LogP) is 1.40. The van der Waals surface area contributed by atoms with E-state index >= 15 is 0 Å². The molecule has 0 bridgehead atoms. The second kappa shape index (κ2) is 9.58. The number of carbonyl (C=O) groups is 1. The summed E-state index contributed by atoms with van der Waals surface area (Å²) >= 11 is 0. The van der Waals surface area contributed by atoms with Gasteiger partial charge in [-0.2, -0.15) is 0 Å². The molecule has 1 aliphatic rings. The summed E-state index contributed by atoms with van der Waals surface area (Å²) in [6, 6.07) is -0.516. The molecule has 0 aliphatic heterocycles. The largest absolute Gasteiger partial charge is 0.352 e. The smallest absolute Gasteiger partial charge is 0.237 e. The van der Waals surface area contributed by atoms with Gasteiger partial charge in [-0.25, -0.2) is 8.42 Å². The molecule has 1 unspecified atom stereocenters. The van der Waals surface area contributed by atoms with Crippen molar-refractivity contribution in [2.75, 3.05) is 12.0 Å². The first kappa shape index (κ1) is 19.7. The summed E-state index contributed by atoms with van der Waals surface area (Å²) < 4.78 is 22.1. The minimum absolute atomic E-state index is 0. The highest BCUT2D eigenvalue weighted by Crippen LogP contribution is 2.17. The van der Waals surface area contributed by atoms with E-state index in [1.807, 2.05) is 0 Å². The van der Waals surface area contributed by atoms with Crippen molar-refractivity contribution in [1.29, 1.82) is 0 Å². The van der Waals surface area contributed by atoms with E-state index in [1.54, 1.807) is 0 Å². The van der Waals surface area contributed by atoms with E-state index in [4.69, 9.17) is 5.73 Å².